The van der Waals surface area contributed by atoms with E-state index >= 15 is 0 Å². The summed E-state index contributed by atoms with van der Waals surface area (Å²) < 4.78 is 0. The molecule has 122 valence electrons. The molecule has 0 unspecified atom stereocenters. The Labute approximate surface area is 138 Å². The molecule has 24 heavy (non-hydrogen) atoms. The molecule has 0 atom stereocenters. The van der Waals surface area contributed by atoms with Crippen LogP contribution in [0.4, 0.5) is 0 Å². The average molecular weight is 324 g/mol. The maximum atomic E-state index is 11.7. The van der Waals surface area contributed by atoms with Gasteiger partial charge in [-0.15, -0.1) is 0 Å². The Morgan fingerprint density at radius 2 is 1.25 bits per heavy atom. The molecule has 0 aliphatic heterocycles. The van der Waals surface area contributed by atoms with Gasteiger partial charge in [-0.25, -0.2) is 10.9 Å². The number of nitrogens with zero attached hydrogens (tertiary/aromatic N) is 4. The number of nitrogens with one attached hydrogen (secondary N) is 2. The van der Waals surface area contributed by atoms with Crippen molar-refractivity contribution in [1.82, 2.24) is 20.8 Å². The van der Waals surface area contributed by atoms with Crippen molar-refractivity contribution in [3.8, 4) is 0 Å². The van der Waals surface area contributed by atoms with Crippen molar-refractivity contribution in [3.05, 3.63) is 60.2 Å². The lowest BCUT2D eigenvalue weighted by Crippen LogP contribution is -2.36. The van der Waals surface area contributed by atoms with Crippen molar-refractivity contribution in [2.45, 2.75) is 13.8 Å². The fourth-order valence-corrected chi connectivity index (χ4v) is 1.65. The Balaban J connectivity index is 1.92. The summed E-state index contributed by atoms with van der Waals surface area (Å²) in [5.74, 6) is -1.83. The number of carbonyl (C=O) groups is 2. The second-order valence-electron chi connectivity index (χ2n) is 4.76. The van der Waals surface area contributed by atoms with E-state index in [0.29, 0.717) is 11.4 Å². The third-order valence-corrected chi connectivity index (χ3v) is 3.02. The molecule has 0 saturated heterocycles. The molecule has 0 aromatic carbocycles. The first kappa shape index (κ1) is 16.9. The molecule has 2 aromatic heterocycles. The molecule has 2 aromatic rings. The Morgan fingerprint density at radius 3 is 1.58 bits per heavy atom. The molecule has 2 amide bonds. The number of carbonyl (C=O) groups excluding carboxylic acids is 2. The summed E-state index contributed by atoms with van der Waals surface area (Å²) >= 11 is 0. The van der Waals surface area contributed by atoms with E-state index in [2.05, 4.69) is 31.0 Å². The molecule has 0 aliphatic carbocycles. The van der Waals surface area contributed by atoms with Crippen LogP contribution in [-0.2, 0) is 9.59 Å². The van der Waals surface area contributed by atoms with Gasteiger partial charge < -0.3 is 0 Å². The van der Waals surface area contributed by atoms with E-state index in [0.717, 1.165) is 11.1 Å². The second kappa shape index (κ2) is 8.28. The Morgan fingerprint density at radius 1 is 0.833 bits per heavy atom. The lowest BCUT2D eigenvalue weighted by Gasteiger charge is -2.03. The van der Waals surface area contributed by atoms with E-state index in [1.165, 1.54) is 0 Å². The van der Waals surface area contributed by atoms with Crippen LogP contribution in [-0.4, -0.2) is 33.2 Å². The van der Waals surface area contributed by atoms with Gasteiger partial charge in [0.05, 0.1) is 11.4 Å². The minimum absolute atomic E-state index is 0.527. The minimum Gasteiger partial charge on any atom is -0.264 e. The highest BCUT2D eigenvalue weighted by Gasteiger charge is 2.12. The van der Waals surface area contributed by atoms with Crippen LogP contribution in [0.2, 0.25) is 0 Å². The maximum Gasteiger partial charge on any atom is 0.331 e. The zero-order valence-electron chi connectivity index (χ0n) is 13.2. The van der Waals surface area contributed by atoms with Gasteiger partial charge in [-0.05, 0) is 26.0 Å². The Hall–Kier alpha value is -3.42. The Bertz CT molecular complexity index is 704. The molecule has 8 heteroatoms. The van der Waals surface area contributed by atoms with Crippen LogP contribution in [0.1, 0.15) is 25.0 Å². The molecule has 0 bridgehead atoms. The van der Waals surface area contributed by atoms with Crippen LogP contribution in [0.15, 0.2) is 59.3 Å². The number of hydrazone groups is 2. The molecule has 8 nitrogen and oxygen atoms in total. The lowest BCUT2D eigenvalue weighted by atomic mass is 10.2. The highest BCUT2D eigenvalue weighted by molar-refractivity contribution is 6.35. The Kier molecular flexibility index (Phi) is 5.84. The number of pyridine rings is 2. The normalized spacial score (nSPS) is 11.8. The molecule has 0 radical (unpaired) electrons. The summed E-state index contributed by atoms with van der Waals surface area (Å²) in [6, 6.07) is 7.08. The first-order valence-electron chi connectivity index (χ1n) is 7.07. The predicted octanol–water partition coefficient (Wildman–Crippen LogP) is 0.857. The van der Waals surface area contributed by atoms with E-state index < -0.39 is 11.8 Å². The highest BCUT2D eigenvalue weighted by atomic mass is 16.2. The van der Waals surface area contributed by atoms with Gasteiger partial charge >= 0.3 is 11.8 Å². The third kappa shape index (κ3) is 4.80. The van der Waals surface area contributed by atoms with Gasteiger partial charge in [0.2, 0.25) is 0 Å². The summed E-state index contributed by atoms with van der Waals surface area (Å²) in [6.07, 6.45) is 6.47. The lowest BCUT2D eigenvalue weighted by molar-refractivity contribution is -0.139. The molecule has 2 heterocycles. The van der Waals surface area contributed by atoms with Crippen LogP contribution in [0.5, 0.6) is 0 Å². The molecular formula is C16H16N6O2. The first-order chi connectivity index (χ1) is 11.6. The van der Waals surface area contributed by atoms with E-state index in [9.17, 15) is 9.59 Å². The van der Waals surface area contributed by atoms with Gasteiger partial charge in [0.1, 0.15) is 0 Å². The molecule has 2 rings (SSSR count). The van der Waals surface area contributed by atoms with E-state index in [1.54, 1.807) is 62.9 Å². The van der Waals surface area contributed by atoms with Crippen LogP contribution < -0.4 is 10.9 Å². The third-order valence-electron chi connectivity index (χ3n) is 3.02. The van der Waals surface area contributed by atoms with Gasteiger partial charge in [-0.2, -0.15) is 10.2 Å². The number of hydrogen-bond acceptors (Lipinski definition) is 6. The zero-order chi connectivity index (χ0) is 17.4. The predicted molar refractivity (Wildman–Crippen MR) is 89.2 cm³/mol. The summed E-state index contributed by atoms with van der Waals surface area (Å²) in [5.41, 5.74) is 6.88. The van der Waals surface area contributed by atoms with Crippen molar-refractivity contribution in [2.75, 3.05) is 0 Å². The summed E-state index contributed by atoms with van der Waals surface area (Å²) in [5, 5.41) is 7.72. The zero-order valence-corrected chi connectivity index (χ0v) is 13.2. The standard InChI is InChI=1S/C16H16N6O2/c1-11(13-5-3-7-17-9-13)19-21-15(23)16(24)22-20-12(2)14-6-4-8-18-10-14/h3-10H,1-2H3,(H,21,23)(H,22,24)/b19-11+,20-12+. The van der Waals surface area contributed by atoms with E-state index in [1.807, 2.05) is 0 Å². The summed E-state index contributed by atoms with van der Waals surface area (Å²) in [6.45, 7) is 3.39. The fraction of sp³-hybridized carbons (Fsp3) is 0.125. The maximum absolute atomic E-state index is 11.7. The smallest absolute Gasteiger partial charge is 0.264 e. The number of aromatic nitrogens is 2. The summed E-state index contributed by atoms with van der Waals surface area (Å²) in [7, 11) is 0. The molecular weight excluding hydrogens is 308 g/mol. The van der Waals surface area contributed by atoms with Crippen molar-refractivity contribution in [2.24, 2.45) is 10.2 Å². The molecule has 0 aliphatic rings. The van der Waals surface area contributed by atoms with E-state index in [4.69, 9.17) is 0 Å². The van der Waals surface area contributed by atoms with Crippen LogP contribution in [0.25, 0.3) is 0 Å². The second-order valence-corrected chi connectivity index (χ2v) is 4.76. The van der Waals surface area contributed by atoms with Gasteiger partial charge in [-0.3, -0.25) is 19.6 Å². The SMILES string of the molecule is C/C(=N\NC(=O)C(=O)N/N=C(\C)c1cccnc1)c1cccnc1. The van der Waals surface area contributed by atoms with Crippen molar-refractivity contribution in [3.63, 3.8) is 0 Å². The van der Waals surface area contributed by atoms with Crippen molar-refractivity contribution < 1.29 is 9.59 Å². The van der Waals surface area contributed by atoms with Gasteiger partial charge in [0.15, 0.2) is 0 Å². The minimum atomic E-state index is -0.916. The number of rotatable bonds is 4. The van der Waals surface area contributed by atoms with Crippen LogP contribution in [0.3, 0.4) is 0 Å². The molecule has 0 spiro atoms. The number of amides is 2. The first-order valence-corrected chi connectivity index (χ1v) is 7.07. The monoisotopic (exact) mass is 324 g/mol. The molecule has 2 N–H and O–H groups in total. The fourth-order valence-electron chi connectivity index (χ4n) is 1.65. The van der Waals surface area contributed by atoms with Crippen LogP contribution >= 0.6 is 0 Å². The quantitative estimate of drug-likeness (QED) is 0.494. The topological polar surface area (TPSA) is 109 Å². The van der Waals surface area contributed by atoms with Crippen molar-refractivity contribution >= 4 is 23.2 Å². The molecule has 0 saturated carbocycles. The van der Waals surface area contributed by atoms with Gasteiger partial charge in [0.25, 0.3) is 0 Å². The van der Waals surface area contributed by atoms with Crippen molar-refractivity contribution in [1.29, 1.82) is 0 Å². The van der Waals surface area contributed by atoms with Gasteiger partial charge in [-0.1, -0.05) is 12.1 Å². The highest BCUT2D eigenvalue weighted by Crippen LogP contribution is 1.98. The van der Waals surface area contributed by atoms with E-state index in [-0.39, 0.29) is 0 Å². The molecule has 0 fully saturated rings. The largest absolute Gasteiger partial charge is 0.331 e. The summed E-state index contributed by atoms with van der Waals surface area (Å²) in [4.78, 5) is 31.3. The van der Waals surface area contributed by atoms with Gasteiger partial charge in [0, 0.05) is 35.9 Å². The number of hydrogen-bond donors (Lipinski definition) is 2. The van der Waals surface area contributed by atoms with Crippen LogP contribution in [0, 0.1) is 0 Å². The average Bonchev–Trinajstić information content (AvgIpc) is 2.64.